The number of nitrogens with zero attached hydrogens (tertiary/aromatic N) is 2. The summed E-state index contributed by atoms with van der Waals surface area (Å²) in [6.07, 6.45) is 2.18. The molecule has 0 spiro atoms. The number of anilines is 1. The molecule has 3 heteroatoms. The lowest BCUT2D eigenvalue weighted by molar-refractivity contribution is 0.199. The first-order valence-corrected chi connectivity index (χ1v) is 7.35. The summed E-state index contributed by atoms with van der Waals surface area (Å²) in [5.41, 5.74) is 2.17. The van der Waals surface area contributed by atoms with Gasteiger partial charge in [0.25, 0.3) is 0 Å². The molecule has 1 heterocycles. The van der Waals surface area contributed by atoms with E-state index in [-0.39, 0.29) is 0 Å². The number of aliphatic hydroxyl groups excluding tert-OH is 1. The van der Waals surface area contributed by atoms with Crippen molar-refractivity contribution in [3.05, 3.63) is 29.8 Å². The van der Waals surface area contributed by atoms with Gasteiger partial charge in [-0.3, -0.25) is 4.90 Å². The lowest BCUT2D eigenvalue weighted by Gasteiger charge is -2.30. The maximum atomic E-state index is 9.88. The fraction of sp³-hybridized carbons (Fsp3) is 0.625. The van der Waals surface area contributed by atoms with Gasteiger partial charge in [-0.2, -0.15) is 0 Å². The van der Waals surface area contributed by atoms with Crippen LogP contribution in [0.1, 0.15) is 38.4 Å². The molecule has 1 fully saturated rings. The average Bonchev–Trinajstić information content (AvgIpc) is 2.85. The van der Waals surface area contributed by atoms with Gasteiger partial charge in [0, 0.05) is 30.9 Å². The second-order valence-corrected chi connectivity index (χ2v) is 5.54. The predicted molar refractivity (Wildman–Crippen MR) is 80.6 cm³/mol. The highest BCUT2D eigenvalue weighted by Crippen LogP contribution is 2.27. The smallest absolute Gasteiger partial charge is 0.0781 e. The van der Waals surface area contributed by atoms with Crippen LogP contribution in [0.25, 0.3) is 0 Å². The highest BCUT2D eigenvalue weighted by atomic mass is 16.3. The lowest BCUT2D eigenvalue weighted by atomic mass is 10.1. The highest BCUT2D eigenvalue weighted by molar-refractivity contribution is 5.54. The van der Waals surface area contributed by atoms with E-state index in [9.17, 15) is 5.11 Å². The van der Waals surface area contributed by atoms with Crippen molar-refractivity contribution in [2.75, 3.05) is 31.6 Å². The number of hydrogen-bond donors (Lipinski definition) is 1. The van der Waals surface area contributed by atoms with Crippen LogP contribution in [0.2, 0.25) is 0 Å². The zero-order valence-electron chi connectivity index (χ0n) is 12.3. The van der Waals surface area contributed by atoms with Crippen molar-refractivity contribution >= 4 is 5.69 Å². The molecule has 2 atom stereocenters. The molecule has 19 heavy (non-hydrogen) atoms. The number of para-hydroxylation sites is 1. The topological polar surface area (TPSA) is 26.7 Å². The largest absolute Gasteiger partial charge is 0.389 e. The van der Waals surface area contributed by atoms with E-state index in [0.29, 0.717) is 6.04 Å². The Hall–Kier alpha value is -1.06. The number of benzene rings is 1. The predicted octanol–water partition coefficient (Wildman–Crippen LogP) is 2.66. The molecule has 1 aliphatic heterocycles. The van der Waals surface area contributed by atoms with Gasteiger partial charge < -0.3 is 10.0 Å². The van der Waals surface area contributed by atoms with Gasteiger partial charge in [0.2, 0.25) is 0 Å². The lowest BCUT2D eigenvalue weighted by Crippen LogP contribution is -2.39. The molecule has 1 N–H and O–H groups in total. The second-order valence-electron chi connectivity index (χ2n) is 5.54. The minimum absolute atomic E-state index is 0.412. The molecule has 3 nitrogen and oxygen atoms in total. The summed E-state index contributed by atoms with van der Waals surface area (Å²) in [6.45, 7) is 7.48. The van der Waals surface area contributed by atoms with Crippen LogP contribution in [-0.2, 0) is 0 Å². The van der Waals surface area contributed by atoms with Crippen LogP contribution in [-0.4, -0.2) is 42.7 Å². The molecule has 0 aromatic heterocycles. The summed E-state index contributed by atoms with van der Waals surface area (Å²) in [4.78, 5) is 4.85. The minimum Gasteiger partial charge on any atom is -0.389 e. The molecule has 0 amide bonds. The zero-order valence-corrected chi connectivity index (χ0v) is 12.3. The summed E-state index contributed by atoms with van der Waals surface area (Å²) in [5.74, 6) is 0. The van der Waals surface area contributed by atoms with E-state index in [1.807, 2.05) is 25.1 Å². The monoisotopic (exact) mass is 262 g/mol. The van der Waals surface area contributed by atoms with Gasteiger partial charge in [-0.15, -0.1) is 0 Å². The number of likely N-dealkylation sites (tertiary alicyclic amines) is 1. The van der Waals surface area contributed by atoms with Crippen LogP contribution in [0.5, 0.6) is 0 Å². The van der Waals surface area contributed by atoms with Crippen molar-refractivity contribution in [1.29, 1.82) is 0 Å². The van der Waals surface area contributed by atoms with Crippen molar-refractivity contribution in [3.8, 4) is 0 Å². The third kappa shape index (κ3) is 3.28. The SMILES string of the molecule is CCN1CCCC1CN(C)c1ccccc1C(C)O. The van der Waals surface area contributed by atoms with E-state index < -0.39 is 6.10 Å². The van der Waals surface area contributed by atoms with Crippen LogP contribution < -0.4 is 4.90 Å². The third-order valence-electron chi connectivity index (χ3n) is 4.19. The maximum Gasteiger partial charge on any atom is 0.0781 e. The van der Waals surface area contributed by atoms with Crippen molar-refractivity contribution in [1.82, 2.24) is 4.90 Å². The molecule has 2 rings (SSSR count). The van der Waals surface area contributed by atoms with E-state index in [2.05, 4.69) is 29.8 Å². The molecule has 1 aromatic rings. The van der Waals surface area contributed by atoms with Crippen molar-refractivity contribution < 1.29 is 5.11 Å². The third-order valence-corrected chi connectivity index (χ3v) is 4.19. The van der Waals surface area contributed by atoms with Crippen LogP contribution >= 0.6 is 0 Å². The van der Waals surface area contributed by atoms with Gasteiger partial charge in [0.1, 0.15) is 0 Å². The molecule has 0 aliphatic carbocycles. The Kier molecular flexibility index (Phi) is 4.83. The molecule has 0 saturated carbocycles. The first kappa shape index (κ1) is 14.4. The second kappa shape index (κ2) is 6.40. The van der Waals surface area contributed by atoms with Crippen molar-refractivity contribution in [2.45, 2.75) is 38.8 Å². The van der Waals surface area contributed by atoms with Gasteiger partial charge in [-0.25, -0.2) is 0 Å². The number of hydrogen-bond acceptors (Lipinski definition) is 3. The van der Waals surface area contributed by atoms with Crippen LogP contribution in [0.3, 0.4) is 0 Å². The maximum absolute atomic E-state index is 9.88. The quantitative estimate of drug-likeness (QED) is 0.884. The van der Waals surface area contributed by atoms with Gasteiger partial charge in [-0.1, -0.05) is 25.1 Å². The fourth-order valence-corrected chi connectivity index (χ4v) is 3.12. The first-order chi connectivity index (χ1) is 9.13. The van der Waals surface area contributed by atoms with Gasteiger partial charge >= 0.3 is 0 Å². The molecular formula is C16H26N2O. The number of aliphatic hydroxyl groups is 1. The average molecular weight is 262 g/mol. The normalized spacial score (nSPS) is 21.6. The van der Waals surface area contributed by atoms with E-state index >= 15 is 0 Å². The Balaban J connectivity index is 2.09. The molecule has 1 saturated heterocycles. The minimum atomic E-state index is -0.412. The van der Waals surface area contributed by atoms with E-state index in [4.69, 9.17) is 0 Å². The first-order valence-electron chi connectivity index (χ1n) is 7.35. The van der Waals surface area contributed by atoms with Crippen molar-refractivity contribution in [3.63, 3.8) is 0 Å². The zero-order chi connectivity index (χ0) is 13.8. The summed E-state index contributed by atoms with van der Waals surface area (Å²) in [7, 11) is 2.13. The molecule has 0 bridgehead atoms. The Morgan fingerprint density at radius 3 is 2.84 bits per heavy atom. The highest BCUT2D eigenvalue weighted by Gasteiger charge is 2.24. The Morgan fingerprint density at radius 1 is 1.42 bits per heavy atom. The van der Waals surface area contributed by atoms with Crippen molar-refractivity contribution in [2.24, 2.45) is 0 Å². The summed E-state index contributed by atoms with van der Waals surface area (Å²) < 4.78 is 0. The van der Waals surface area contributed by atoms with Crippen LogP contribution in [0.15, 0.2) is 24.3 Å². The van der Waals surface area contributed by atoms with Gasteiger partial charge in [0.05, 0.1) is 6.10 Å². The summed E-state index contributed by atoms with van der Waals surface area (Å²) >= 11 is 0. The Morgan fingerprint density at radius 2 is 2.16 bits per heavy atom. The molecule has 106 valence electrons. The van der Waals surface area contributed by atoms with E-state index in [0.717, 1.165) is 24.3 Å². The number of rotatable bonds is 5. The Bertz CT molecular complexity index is 405. The summed E-state index contributed by atoms with van der Waals surface area (Å²) in [5, 5.41) is 9.88. The fourth-order valence-electron chi connectivity index (χ4n) is 3.12. The summed E-state index contributed by atoms with van der Waals surface area (Å²) in [6, 6.07) is 8.81. The number of likely N-dealkylation sites (N-methyl/N-ethyl adjacent to an activating group) is 2. The molecule has 1 aromatic carbocycles. The Labute approximate surface area is 116 Å². The van der Waals surface area contributed by atoms with Gasteiger partial charge in [0.15, 0.2) is 0 Å². The van der Waals surface area contributed by atoms with Gasteiger partial charge in [-0.05, 0) is 38.9 Å². The molecule has 0 radical (unpaired) electrons. The van der Waals surface area contributed by atoms with Crippen LogP contribution in [0, 0.1) is 0 Å². The van der Waals surface area contributed by atoms with E-state index in [1.54, 1.807) is 0 Å². The van der Waals surface area contributed by atoms with Crippen LogP contribution in [0.4, 0.5) is 5.69 Å². The molecular weight excluding hydrogens is 236 g/mol. The standard InChI is InChI=1S/C16H26N2O/c1-4-18-11-7-8-14(18)12-17(3)16-10-6-5-9-15(16)13(2)19/h5-6,9-10,13-14,19H,4,7-8,11-12H2,1-3H3. The van der Waals surface area contributed by atoms with E-state index in [1.165, 1.54) is 19.4 Å². The molecule has 2 unspecified atom stereocenters. The molecule has 1 aliphatic rings.